The summed E-state index contributed by atoms with van der Waals surface area (Å²) in [7, 11) is 0. The molecule has 18 heavy (non-hydrogen) atoms. The lowest BCUT2D eigenvalue weighted by Crippen LogP contribution is -2.26. The van der Waals surface area contributed by atoms with Gasteiger partial charge in [-0.25, -0.2) is 4.39 Å². The van der Waals surface area contributed by atoms with Crippen molar-refractivity contribution in [1.82, 2.24) is 5.32 Å². The predicted octanol–water partition coefficient (Wildman–Crippen LogP) is 2.83. The molecule has 0 saturated heterocycles. The summed E-state index contributed by atoms with van der Waals surface area (Å²) in [4.78, 5) is 11.5. The van der Waals surface area contributed by atoms with Crippen molar-refractivity contribution in [2.45, 2.75) is 25.7 Å². The van der Waals surface area contributed by atoms with Crippen LogP contribution in [0.4, 0.5) is 4.39 Å². The molecule has 0 aliphatic carbocycles. The number of rotatable bonds is 6. The molecule has 0 aliphatic heterocycles. The maximum Gasteiger partial charge on any atom is 0.224 e. The van der Waals surface area contributed by atoms with Crippen LogP contribution in [0.3, 0.4) is 0 Å². The molecule has 0 aliphatic rings. The van der Waals surface area contributed by atoms with E-state index in [0.717, 1.165) is 12.8 Å². The van der Waals surface area contributed by atoms with Gasteiger partial charge in [0.2, 0.25) is 5.91 Å². The van der Waals surface area contributed by atoms with Gasteiger partial charge in [0.15, 0.2) is 0 Å². The number of halogens is 2. The monoisotopic (exact) mass is 268 g/mol. The Morgan fingerprint density at radius 1 is 1.44 bits per heavy atom. The second-order valence-electron chi connectivity index (χ2n) is 3.84. The van der Waals surface area contributed by atoms with E-state index in [4.69, 9.17) is 16.9 Å². The van der Waals surface area contributed by atoms with Crippen LogP contribution in [0.2, 0.25) is 5.02 Å². The second kappa shape index (κ2) is 7.67. The van der Waals surface area contributed by atoms with Gasteiger partial charge in [0.25, 0.3) is 0 Å². The van der Waals surface area contributed by atoms with Gasteiger partial charge >= 0.3 is 0 Å². The van der Waals surface area contributed by atoms with E-state index >= 15 is 0 Å². The normalized spacial score (nSPS) is 9.83. The lowest BCUT2D eigenvalue weighted by Gasteiger charge is -2.07. The molecule has 0 radical (unpaired) electrons. The van der Waals surface area contributed by atoms with Crippen LogP contribution in [0.25, 0.3) is 0 Å². The highest BCUT2D eigenvalue weighted by Gasteiger charge is 2.11. The third-order valence-electron chi connectivity index (χ3n) is 2.44. The molecule has 0 saturated carbocycles. The Kier molecular flexibility index (Phi) is 6.16. The van der Waals surface area contributed by atoms with Crippen molar-refractivity contribution >= 4 is 17.5 Å². The van der Waals surface area contributed by atoms with Crippen molar-refractivity contribution in [3.8, 4) is 6.07 Å². The summed E-state index contributed by atoms with van der Waals surface area (Å²) >= 11 is 5.82. The molecule has 1 amide bonds. The van der Waals surface area contributed by atoms with Crippen LogP contribution in [0.15, 0.2) is 18.2 Å². The SMILES string of the molecule is N#CCCCCNC(=O)Cc1c(F)cccc1Cl. The number of hydrogen-bond acceptors (Lipinski definition) is 2. The minimum absolute atomic E-state index is 0.0657. The molecule has 1 rings (SSSR count). The van der Waals surface area contributed by atoms with Crippen molar-refractivity contribution < 1.29 is 9.18 Å². The van der Waals surface area contributed by atoms with Crippen LogP contribution in [0, 0.1) is 17.1 Å². The van der Waals surface area contributed by atoms with E-state index in [2.05, 4.69) is 5.32 Å². The van der Waals surface area contributed by atoms with E-state index < -0.39 is 5.82 Å². The van der Waals surface area contributed by atoms with Gasteiger partial charge < -0.3 is 5.32 Å². The van der Waals surface area contributed by atoms with E-state index in [1.807, 2.05) is 6.07 Å². The van der Waals surface area contributed by atoms with Crippen LogP contribution in [-0.4, -0.2) is 12.5 Å². The molecule has 3 nitrogen and oxygen atoms in total. The topological polar surface area (TPSA) is 52.9 Å². The standard InChI is InChI=1S/C13H14ClFN2O/c14-11-5-4-6-12(15)10(11)9-13(18)17-8-3-1-2-7-16/h4-6H,1-3,8-9H2,(H,17,18). The number of carbonyl (C=O) groups is 1. The molecule has 0 atom stereocenters. The molecule has 5 heteroatoms. The van der Waals surface area contributed by atoms with E-state index in [0.29, 0.717) is 13.0 Å². The Labute approximate surface area is 111 Å². The second-order valence-corrected chi connectivity index (χ2v) is 4.25. The quantitative estimate of drug-likeness (QED) is 0.807. The van der Waals surface area contributed by atoms with E-state index in [1.54, 1.807) is 6.07 Å². The number of nitriles is 1. The Morgan fingerprint density at radius 3 is 2.89 bits per heavy atom. The number of hydrogen-bond donors (Lipinski definition) is 1. The Hall–Kier alpha value is -1.60. The predicted molar refractivity (Wildman–Crippen MR) is 67.6 cm³/mol. The molecule has 0 bridgehead atoms. The molecular formula is C13H14ClFN2O. The van der Waals surface area contributed by atoms with Crippen molar-refractivity contribution in [2.75, 3.05) is 6.54 Å². The van der Waals surface area contributed by atoms with E-state index in [-0.39, 0.29) is 22.9 Å². The summed E-state index contributed by atoms with van der Waals surface area (Å²) in [6, 6.07) is 6.37. The molecular weight excluding hydrogens is 255 g/mol. The number of nitrogens with one attached hydrogen (secondary N) is 1. The Balaban J connectivity index is 2.39. The van der Waals surface area contributed by atoms with Crippen LogP contribution >= 0.6 is 11.6 Å². The van der Waals surface area contributed by atoms with Gasteiger partial charge in [0, 0.05) is 23.6 Å². The summed E-state index contributed by atoms with van der Waals surface area (Å²) in [5.74, 6) is -0.735. The van der Waals surface area contributed by atoms with Crippen LogP contribution in [-0.2, 0) is 11.2 Å². The average Bonchev–Trinajstić information content (AvgIpc) is 2.34. The van der Waals surface area contributed by atoms with Crippen LogP contribution < -0.4 is 5.32 Å². The van der Waals surface area contributed by atoms with Crippen molar-refractivity contribution in [2.24, 2.45) is 0 Å². The largest absolute Gasteiger partial charge is 0.356 e. The van der Waals surface area contributed by atoms with Gasteiger partial charge in [0.05, 0.1) is 12.5 Å². The first-order valence-corrected chi connectivity index (χ1v) is 6.09. The van der Waals surface area contributed by atoms with Crippen LogP contribution in [0.5, 0.6) is 0 Å². The van der Waals surface area contributed by atoms with E-state index in [1.165, 1.54) is 12.1 Å². The third kappa shape index (κ3) is 4.72. The zero-order valence-corrected chi connectivity index (χ0v) is 10.6. The fourth-order valence-electron chi connectivity index (χ4n) is 1.48. The average molecular weight is 269 g/mol. The molecule has 0 fully saturated rings. The van der Waals surface area contributed by atoms with Gasteiger partial charge in [-0.3, -0.25) is 4.79 Å². The highest BCUT2D eigenvalue weighted by molar-refractivity contribution is 6.31. The zero-order chi connectivity index (χ0) is 13.4. The summed E-state index contributed by atoms with van der Waals surface area (Å²) in [6.45, 7) is 0.493. The number of benzene rings is 1. The molecule has 1 aromatic rings. The fraction of sp³-hybridized carbons (Fsp3) is 0.385. The summed E-state index contributed by atoms with van der Waals surface area (Å²) in [5, 5.41) is 11.3. The summed E-state index contributed by atoms with van der Waals surface area (Å²) in [5.41, 5.74) is 0.216. The molecule has 0 spiro atoms. The number of amides is 1. The molecule has 1 N–H and O–H groups in total. The highest BCUT2D eigenvalue weighted by Crippen LogP contribution is 2.19. The Morgan fingerprint density at radius 2 is 2.22 bits per heavy atom. The third-order valence-corrected chi connectivity index (χ3v) is 2.79. The van der Waals surface area contributed by atoms with Gasteiger partial charge in [-0.2, -0.15) is 5.26 Å². The molecule has 1 aromatic carbocycles. The number of carbonyl (C=O) groups excluding carboxylic acids is 1. The molecule has 0 unspecified atom stereocenters. The first kappa shape index (κ1) is 14.5. The van der Waals surface area contributed by atoms with Crippen LogP contribution in [0.1, 0.15) is 24.8 Å². The molecule has 0 aromatic heterocycles. The minimum atomic E-state index is -0.470. The lowest BCUT2D eigenvalue weighted by atomic mass is 10.1. The number of unbranched alkanes of at least 4 members (excludes halogenated alkanes) is 2. The maximum absolute atomic E-state index is 13.4. The highest BCUT2D eigenvalue weighted by atomic mass is 35.5. The minimum Gasteiger partial charge on any atom is -0.356 e. The van der Waals surface area contributed by atoms with Crippen molar-refractivity contribution in [3.05, 3.63) is 34.6 Å². The zero-order valence-electron chi connectivity index (χ0n) is 9.88. The molecule has 0 heterocycles. The van der Waals surface area contributed by atoms with Gasteiger partial charge in [-0.05, 0) is 25.0 Å². The van der Waals surface area contributed by atoms with Gasteiger partial charge in [-0.15, -0.1) is 0 Å². The van der Waals surface area contributed by atoms with E-state index in [9.17, 15) is 9.18 Å². The number of nitrogens with zero attached hydrogens (tertiary/aromatic N) is 1. The smallest absolute Gasteiger partial charge is 0.224 e. The first-order chi connectivity index (χ1) is 8.65. The first-order valence-electron chi connectivity index (χ1n) is 5.71. The summed E-state index contributed by atoms with van der Waals surface area (Å²) < 4.78 is 13.4. The maximum atomic E-state index is 13.4. The van der Waals surface area contributed by atoms with Gasteiger partial charge in [0.1, 0.15) is 5.82 Å². The fourth-order valence-corrected chi connectivity index (χ4v) is 1.71. The Bertz CT molecular complexity index is 437. The lowest BCUT2D eigenvalue weighted by molar-refractivity contribution is -0.120. The summed E-state index contributed by atoms with van der Waals surface area (Å²) in [6.07, 6.45) is 1.90. The van der Waals surface area contributed by atoms with Crippen molar-refractivity contribution in [3.63, 3.8) is 0 Å². The van der Waals surface area contributed by atoms with Crippen molar-refractivity contribution in [1.29, 1.82) is 5.26 Å². The van der Waals surface area contributed by atoms with Gasteiger partial charge in [-0.1, -0.05) is 17.7 Å². The molecule has 96 valence electrons.